The Kier molecular flexibility index (Phi) is 10.5. The number of rotatable bonds is 11. The summed E-state index contributed by atoms with van der Waals surface area (Å²) < 4.78 is 15.9. The third kappa shape index (κ3) is 9.37. The number of nitrogens with one attached hydrogen (secondary N) is 1. The number of esters is 1. The number of alkyl carbamates (subject to hydrolysis) is 1. The minimum atomic E-state index is -0.943. The summed E-state index contributed by atoms with van der Waals surface area (Å²) in [7, 11) is 1.22. The highest BCUT2D eigenvalue weighted by molar-refractivity contribution is 7.98. The third-order valence-electron chi connectivity index (χ3n) is 3.90. The van der Waals surface area contributed by atoms with Crippen molar-refractivity contribution in [3.05, 3.63) is 22.9 Å². The Bertz CT molecular complexity index is 778. The molecule has 0 aromatic heterocycles. The summed E-state index contributed by atoms with van der Waals surface area (Å²) in [6.07, 6.45) is 1.01. The highest BCUT2D eigenvalue weighted by atomic mass is 32.2. The van der Waals surface area contributed by atoms with Crippen molar-refractivity contribution in [1.82, 2.24) is 5.32 Å². The van der Waals surface area contributed by atoms with Gasteiger partial charge in [0.05, 0.1) is 19.8 Å². The van der Waals surface area contributed by atoms with Gasteiger partial charge >= 0.3 is 12.1 Å². The van der Waals surface area contributed by atoms with E-state index >= 15 is 0 Å². The van der Waals surface area contributed by atoms with E-state index in [9.17, 15) is 19.9 Å². The molecule has 9 nitrogen and oxygen atoms in total. The van der Waals surface area contributed by atoms with E-state index in [2.05, 4.69) is 12.0 Å². The average Bonchev–Trinajstić information content (AvgIpc) is 2.66. The molecule has 1 aromatic rings. The molecule has 0 fully saturated rings. The molecule has 0 heterocycles. The Morgan fingerprint density at radius 1 is 1.35 bits per heavy atom. The molecule has 0 bridgehead atoms. The van der Waals surface area contributed by atoms with Crippen molar-refractivity contribution in [3.8, 4) is 11.5 Å². The molecule has 0 saturated carbocycles. The standard InChI is InChI=1S/C21H32N2O7S/c1-7-8-9-29-18-11-16(23(5)27)14(10-17(18)24)12-31-13-15(19(25)28-6)22-20(26)30-21(2,3)4/h10-11,15,24H,5,7-9,12-13H2,1-4,6H3,(H,22,26). The van der Waals surface area contributed by atoms with Gasteiger partial charge in [0.25, 0.3) is 0 Å². The number of benzene rings is 1. The summed E-state index contributed by atoms with van der Waals surface area (Å²) in [5, 5.41) is 24.6. The third-order valence-corrected chi connectivity index (χ3v) is 4.99. The van der Waals surface area contributed by atoms with Crippen LogP contribution in [0.5, 0.6) is 11.5 Å². The zero-order valence-electron chi connectivity index (χ0n) is 18.7. The van der Waals surface area contributed by atoms with E-state index in [1.54, 1.807) is 20.8 Å². The molecule has 1 unspecified atom stereocenters. The number of carbonyl (C=O) groups is 2. The van der Waals surface area contributed by atoms with E-state index in [0.717, 1.165) is 12.8 Å². The van der Waals surface area contributed by atoms with Crippen molar-refractivity contribution in [3.63, 3.8) is 0 Å². The van der Waals surface area contributed by atoms with Crippen molar-refractivity contribution in [2.75, 3.05) is 19.5 Å². The number of nitrogens with zero attached hydrogens (tertiary/aromatic N) is 1. The number of thioether (sulfide) groups is 1. The van der Waals surface area contributed by atoms with Gasteiger partial charge in [0.2, 0.25) is 5.69 Å². The van der Waals surface area contributed by atoms with Crippen LogP contribution in [0.4, 0.5) is 10.5 Å². The highest BCUT2D eigenvalue weighted by Gasteiger charge is 2.25. The van der Waals surface area contributed by atoms with E-state index in [4.69, 9.17) is 14.2 Å². The topological polar surface area (TPSA) is 120 Å². The number of phenolic OH excluding ortho intramolecular Hbond substituents is 1. The van der Waals surface area contributed by atoms with Gasteiger partial charge in [-0.15, -0.1) is 0 Å². The molecule has 0 aliphatic carbocycles. The first kappa shape index (κ1) is 26.4. The Labute approximate surface area is 187 Å². The van der Waals surface area contributed by atoms with Crippen molar-refractivity contribution in [2.45, 2.75) is 57.9 Å². The van der Waals surface area contributed by atoms with Gasteiger partial charge in [-0.2, -0.15) is 16.5 Å². The van der Waals surface area contributed by atoms with Crippen molar-refractivity contribution >= 4 is 36.2 Å². The molecule has 31 heavy (non-hydrogen) atoms. The quantitative estimate of drug-likeness (QED) is 0.129. The smallest absolute Gasteiger partial charge is 0.408 e. The number of amides is 1. The van der Waals surface area contributed by atoms with Gasteiger partial charge in [0.15, 0.2) is 11.5 Å². The largest absolute Gasteiger partial charge is 0.619 e. The van der Waals surface area contributed by atoms with Crippen LogP contribution in [-0.4, -0.2) is 59.7 Å². The minimum absolute atomic E-state index is 0.0892. The average molecular weight is 457 g/mol. The molecular formula is C21H32N2O7S. The second-order valence-electron chi connectivity index (χ2n) is 7.77. The Morgan fingerprint density at radius 2 is 2.03 bits per heavy atom. The van der Waals surface area contributed by atoms with Gasteiger partial charge in [-0.25, -0.2) is 9.59 Å². The number of aromatic hydroxyl groups is 1. The molecule has 1 amide bonds. The molecule has 1 aromatic carbocycles. The second-order valence-corrected chi connectivity index (χ2v) is 8.80. The number of unbranched alkanes of at least 4 members (excludes halogenated alkanes) is 1. The summed E-state index contributed by atoms with van der Waals surface area (Å²) in [6.45, 7) is 11.0. The van der Waals surface area contributed by atoms with Crippen LogP contribution in [0.25, 0.3) is 0 Å². The molecule has 2 N–H and O–H groups in total. The number of hydrogen-bond donors (Lipinski definition) is 2. The summed E-state index contributed by atoms with van der Waals surface area (Å²) in [5.74, 6) is -0.0645. The molecule has 0 aliphatic heterocycles. The molecule has 0 saturated heterocycles. The van der Waals surface area contributed by atoms with Crippen LogP contribution in [0, 0.1) is 5.21 Å². The van der Waals surface area contributed by atoms with Crippen LogP contribution in [0.2, 0.25) is 0 Å². The molecule has 1 atom stereocenters. The number of carbonyl (C=O) groups excluding carboxylic acids is 2. The maximum absolute atomic E-state index is 12.0. The SMILES string of the molecule is C=[N+]([O-])c1cc(OCCCC)c(O)cc1CSCC(NC(=O)OC(C)(C)C)C(=O)OC. The zero-order valence-corrected chi connectivity index (χ0v) is 19.5. The summed E-state index contributed by atoms with van der Waals surface area (Å²) in [6, 6.07) is 1.94. The predicted molar refractivity (Wildman–Crippen MR) is 120 cm³/mol. The predicted octanol–water partition coefficient (Wildman–Crippen LogP) is 3.71. The second kappa shape index (κ2) is 12.3. The minimum Gasteiger partial charge on any atom is -0.619 e. The fourth-order valence-corrected chi connectivity index (χ4v) is 3.46. The maximum Gasteiger partial charge on any atom is 0.408 e. The van der Waals surface area contributed by atoms with Crippen LogP contribution in [0.15, 0.2) is 12.1 Å². The van der Waals surface area contributed by atoms with Gasteiger partial charge in [-0.05, 0) is 33.3 Å². The molecule has 174 valence electrons. The lowest BCUT2D eigenvalue weighted by atomic mass is 10.1. The first-order valence-corrected chi connectivity index (χ1v) is 11.1. The normalized spacial score (nSPS) is 12.0. The maximum atomic E-state index is 12.0. The van der Waals surface area contributed by atoms with Gasteiger partial charge in [-0.3, -0.25) is 0 Å². The fourth-order valence-electron chi connectivity index (χ4n) is 2.44. The van der Waals surface area contributed by atoms with Gasteiger partial charge in [-0.1, -0.05) is 13.3 Å². The van der Waals surface area contributed by atoms with E-state index in [-0.39, 0.29) is 28.7 Å². The molecular weight excluding hydrogens is 424 g/mol. The van der Waals surface area contributed by atoms with E-state index < -0.39 is 23.7 Å². The number of methoxy groups -OCH3 is 1. The van der Waals surface area contributed by atoms with Crippen molar-refractivity contribution in [2.24, 2.45) is 0 Å². The lowest BCUT2D eigenvalue weighted by Crippen LogP contribution is -2.45. The summed E-state index contributed by atoms with van der Waals surface area (Å²) in [5.41, 5.74) is 0.0412. The van der Waals surface area contributed by atoms with Crippen LogP contribution in [0.1, 0.15) is 46.1 Å². The van der Waals surface area contributed by atoms with Gasteiger partial charge in [0.1, 0.15) is 18.4 Å². The molecule has 10 heteroatoms. The highest BCUT2D eigenvalue weighted by Crippen LogP contribution is 2.35. The monoisotopic (exact) mass is 456 g/mol. The van der Waals surface area contributed by atoms with Gasteiger partial charge < -0.3 is 29.8 Å². The summed E-state index contributed by atoms with van der Waals surface area (Å²) in [4.78, 5) is 24.0. The molecule has 1 rings (SSSR count). The van der Waals surface area contributed by atoms with Crippen molar-refractivity contribution < 1.29 is 33.6 Å². The Hall–Kier alpha value is -2.62. The lowest BCUT2D eigenvalue weighted by molar-refractivity contribution is -0.350. The van der Waals surface area contributed by atoms with E-state index in [1.807, 2.05) is 6.92 Å². The number of ether oxygens (including phenoxy) is 3. The number of phenols is 1. The van der Waals surface area contributed by atoms with Crippen LogP contribution >= 0.6 is 11.8 Å². The van der Waals surface area contributed by atoms with Crippen LogP contribution in [0.3, 0.4) is 0 Å². The molecule has 0 spiro atoms. The number of hydrogen-bond acceptors (Lipinski definition) is 8. The van der Waals surface area contributed by atoms with Gasteiger partial charge in [0, 0.05) is 17.1 Å². The van der Waals surface area contributed by atoms with Crippen molar-refractivity contribution in [1.29, 1.82) is 0 Å². The first-order valence-electron chi connectivity index (χ1n) is 9.90. The van der Waals surface area contributed by atoms with Crippen LogP contribution < -0.4 is 10.1 Å². The van der Waals surface area contributed by atoms with E-state index in [1.165, 1.54) is 31.0 Å². The first-order chi connectivity index (χ1) is 14.5. The Balaban J connectivity index is 2.86. The fraction of sp³-hybridized carbons (Fsp3) is 0.571. The van der Waals surface area contributed by atoms with Crippen LogP contribution in [-0.2, 0) is 20.0 Å². The Morgan fingerprint density at radius 3 is 2.58 bits per heavy atom. The lowest BCUT2D eigenvalue weighted by Gasteiger charge is -2.22. The molecule has 0 aliphatic rings. The molecule has 0 radical (unpaired) electrons. The zero-order chi connectivity index (χ0) is 23.6. The summed E-state index contributed by atoms with van der Waals surface area (Å²) >= 11 is 1.27. The van der Waals surface area contributed by atoms with E-state index in [0.29, 0.717) is 16.9 Å².